The molecule has 1 atom stereocenters. The summed E-state index contributed by atoms with van der Waals surface area (Å²) < 4.78 is 0. The van der Waals surface area contributed by atoms with E-state index < -0.39 is 6.04 Å². The van der Waals surface area contributed by atoms with Gasteiger partial charge in [-0.2, -0.15) is 0 Å². The van der Waals surface area contributed by atoms with Gasteiger partial charge in [0.25, 0.3) is 0 Å². The number of hydrogen-bond donors (Lipinski definition) is 1. The van der Waals surface area contributed by atoms with Gasteiger partial charge in [0, 0.05) is 30.3 Å². The number of rotatable bonds is 11. The highest BCUT2D eigenvalue weighted by Crippen LogP contribution is 2.22. The zero-order chi connectivity index (χ0) is 23.5. The molecule has 0 aliphatic carbocycles. The number of nitrogens with one attached hydrogen (secondary N) is 1. The molecule has 0 spiro atoms. The predicted octanol–water partition coefficient (Wildman–Crippen LogP) is 5.35. The summed E-state index contributed by atoms with van der Waals surface area (Å²) >= 11 is 7.97. The summed E-state index contributed by atoms with van der Waals surface area (Å²) in [4.78, 5) is 28.3. The summed E-state index contributed by atoms with van der Waals surface area (Å²) in [7, 11) is 0. The van der Waals surface area contributed by atoms with Crippen molar-refractivity contribution in [2.45, 2.75) is 31.7 Å². The molecule has 0 unspecified atom stereocenters. The topological polar surface area (TPSA) is 49.4 Å². The van der Waals surface area contributed by atoms with Crippen LogP contribution in [0.15, 0.2) is 84.9 Å². The Hall–Kier alpha value is -2.76. The molecule has 0 aliphatic heterocycles. The van der Waals surface area contributed by atoms with E-state index in [0.717, 1.165) is 22.4 Å². The van der Waals surface area contributed by atoms with E-state index in [1.54, 1.807) is 16.7 Å². The molecule has 0 aliphatic rings. The van der Waals surface area contributed by atoms with Gasteiger partial charge in [0.05, 0.1) is 5.75 Å². The highest BCUT2D eigenvalue weighted by molar-refractivity contribution is 7.99. The fraction of sp³-hybridized carbons (Fsp3) is 0.259. The minimum Gasteiger partial charge on any atom is -0.355 e. The molecule has 1 N–H and O–H groups in total. The van der Waals surface area contributed by atoms with Crippen LogP contribution in [0.5, 0.6) is 0 Å². The van der Waals surface area contributed by atoms with Crippen molar-refractivity contribution >= 4 is 35.2 Å². The van der Waals surface area contributed by atoms with Gasteiger partial charge < -0.3 is 10.2 Å². The molecule has 172 valence electrons. The van der Waals surface area contributed by atoms with Crippen molar-refractivity contribution in [3.05, 3.63) is 107 Å². The highest BCUT2D eigenvalue weighted by Gasteiger charge is 2.30. The van der Waals surface area contributed by atoms with Crippen LogP contribution in [0.3, 0.4) is 0 Å². The molecule has 3 aromatic rings. The Morgan fingerprint density at radius 3 is 2.15 bits per heavy atom. The van der Waals surface area contributed by atoms with E-state index >= 15 is 0 Å². The number of hydrogen-bond acceptors (Lipinski definition) is 3. The number of thioether (sulfide) groups is 1. The van der Waals surface area contributed by atoms with Gasteiger partial charge in [0.15, 0.2) is 0 Å². The second kappa shape index (κ2) is 13.1. The summed E-state index contributed by atoms with van der Waals surface area (Å²) in [5.74, 6) is 0.777. The standard InChI is InChI=1S/C27H29ClN2O2S/c1-2-29-27(32)25(17-21-11-5-3-6-12-21)30(18-23-15-9-10-16-24(23)28)26(31)20-33-19-22-13-7-4-8-14-22/h3-16,25H,2,17-20H2,1H3,(H,29,32)/t25-/m0/s1. The van der Waals surface area contributed by atoms with Gasteiger partial charge in [-0.1, -0.05) is 90.5 Å². The second-order valence-corrected chi connectivity index (χ2v) is 9.08. The zero-order valence-electron chi connectivity index (χ0n) is 18.7. The Balaban J connectivity index is 1.84. The van der Waals surface area contributed by atoms with Crippen molar-refractivity contribution in [3.63, 3.8) is 0 Å². The van der Waals surface area contributed by atoms with E-state index in [0.29, 0.717) is 18.0 Å². The molecule has 0 bridgehead atoms. The summed E-state index contributed by atoms with van der Waals surface area (Å²) in [6.45, 7) is 2.66. The Labute approximate surface area is 205 Å². The molecular formula is C27H29ClN2O2S. The molecular weight excluding hydrogens is 452 g/mol. The number of halogens is 1. The maximum Gasteiger partial charge on any atom is 0.243 e. The van der Waals surface area contributed by atoms with E-state index in [2.05, 4.69) is 5.32 Å². The van der Waals surface area contributed by atoms with Gasteiger partial charge in [0.2, 0.25) is 11.8 Å². The summed E-state index contributed by atoms with van der Waals surface area (Å²) in [5, 5.41) is 3.50. The number of carbonyl (C=O) groups is 2. The average Bonchev–Trinajstić information content (AvgIpc) is 2.84. The lowest BCUT2D eigenvalue weighted by molar-refractivity contribution is -0.139. The molecule has 0 fully saturated rings. The van der Waals surface area contributed by atoms with Crippen molar-refractivity contribution in [3.8, 4) is 0 Å². The van der Waals surface area contributed by atoms with E-state index in [-0.39, 0.29) is 24.1 Å². The molecule has 0 saturated carbocycles. The average molecular weight is 481 g/mol. The first-order valence-corrected chi connectivity index (χ1v) is 12.6. The van der Waals surface area contributed by atoms with Crippen molar-refractivity contribution < 1.29 is 9.59 Å². The monoisotopic (exact) mass is 480 g/mol. The maximum atomic E-state index is 13.5. The molecule has 2 amide bonds. The van der Waals surface area contributed by atoms with Crippen LogP contribution in [0.2, 0.25) is 5.02 Å². The largest absolute Gasteiger partial charge is 0.355 e. The van der Waals surface area contributed by atoms with Gasteiger partial charge in [-0.05, 0) is 29.7 Å². The van der Waals surface area contributed by atoms with Gasteiger partial charge in [0.1, 0.15) is 6.04 Å². The molecule has 6 heteroatoms. The van der Waals surface area contributed by atoms with Gasteiger partial charge in [-0.15, -0.1) is 11.8 Å². The first-order valence-electron chi connectivity index (χ1n) is 11.0. The quantitative estimate of drug-likeness (QED) is 0.402. The van der Waals surface area contributed by atoms with Crippen LogP contribution in [-0.4, -0.2) is 35.1 Å². The van der Waals surface area contributed by atoms with Crippen LogP contribution in [-0.2, 0) is 28.3 Å². The van der Waals surface area contributed by atoms with Gasteiger partial charge >= 0.3 is 0 Å². The summed E-state index contributed by atoms with van der Waals surface area (Å²) in [6.07, 6.45) is 0.437. The minimum absolute atomic E-state index is 0.0805. The molecule has 0 saturated heterocycles. The third-order valence-corrected chi connectivity index (χ3v) is 6.61. The lowest BCUT2D eigenvalue weighted by atomic mass is 10.0. The maximum absolute atomic E-state index is 13.5. The van der Waals surface area contributed by atoms with Crippen LogP contribution >= 0.6 is 23.4 Å². The molecule has 0 heterocycles. The van der Waals surface area contributed by atoms with Gasteiger partial charge in [-0.3, -0.25) is 9.59 Å². The number of amides is 2. The highest BCUT2D eigenvalue weighted by atomic mass is 35.5. The van der Waals surface area contributed by atoms with Crippen LogP contribution in [0.1, 0.15) is 23.6 Å². The SMILES string of the molecule is CCNC(=O)[C@H](Cc1ccccc1)N(Cc1ccccc1Cl)C(=O)CSCc1ccccc1. The van der Waals surface area contributed by atoms with E-state index in [4.69, 9.17) is 11.6 Å². The lowest BCUT2D eigenvalue weighted by Gasteiger charge is -2.31. The van der Waals surface area contributed by atoms with Crippen molar-refractivity contribution in [1.29, 1.82) is 0 Å². The number of nitrogens with zero attached hydrogens (tertiary/aromatic N) is 1. The fourth-order valence-corrected chi connectivity index (χ4v) is 4.64. The van der Waals surface area contributed by atoms with Gasteiger partial charge in [-0.25, -0.2) is 0 Å². The lowest BCUT2D eigenvalue weighted by Crippen LogP contribution is -2.51. The fourth-order valence-electron chi connectivity index (χ4n) is 3.57. The molecule has 4 nitrogen and oxygen atoms in total. The van der Waals surface area contributed by atoms with Crippen molar-refractivity contribution in [2.75, 3.05) is 12.3 Å². The molecule has 3 aromatic carbocycles. The first kappa shape index (κ1) is 24.9. The third-order valence-electron chi connectivity index (χ3n) is 5.26. The summed E-state index contributed by atoms with van der Waals surface area (Å²) in [5.41, 5.74) is 2.99. The predicted molar refractivity (Wildman–Crippen MR) is 137 cm³/mol. The smallest absolute Gasteiger partial charge is 0.243 e. The van der Waals surface area contributed by atoms with Crippen molar-refractivity contribution in [1.82, 2.24) is 10.2 Å². The molecule has 3 rings (SSSR count). The van der Waals surface area contributed by atoms with E-state index in [1.807, 2.05) is 91.9 Å². The van der Waals surface area contributed by atoms with Crippen LogP contribution in [0, 0.1) is 0 Å². The Bertz CT molecular complexity index is 1030. The van der Waals surface area contributed by atoms with Crippen LogP contribution in [0.4, 0.5) is 0 Å². The molecule has 0 radical (unpaired) electrons. The first-order chi connectivity index (χ1) is 16.1. The Morgan fingerprint density at radius 1 is 0.909 bits per heavy atom. The van der Waals surface area contributed by atoms with Crippen LogP contribution in [0.25, 0.3) is 0 Å². The Kier molecular flexibility index (Phi) is 9.85. The van der Waals surface area contributed by atoms with E-state index in [9.17, 15) is 9.59 Å². The van der Waals surface area contributed by atoms with Crippen molar-refractivity contribution in [2.24, 2.45) is 0 Å². The van der Waals surface area contributed by atoms with E-state index in [1.165, 1.54) is 0 Å². The molecule has 0 aromatic heterocycles. The second-order valence-electron chi connectivity index (χ2n) is 7.69. The Morgan fingerprint density at radius 2 is 1.52 bits per heavy atom. The summed E-state index contributed by atoms with van der Waals surface area (Å²) in [6, 6.07) is 26.7. The zero-order valence-corrected chi connectivity index (χ0v) is 20.3. The minimum atomic E-state index is -0.631. The normalized spacial score (nSPS) is 11.6. The van der Waals surface area contributed by atoms with Crippen LogP contribution < -0.4 is 5.32 Å². The molecule has 33 heavy (non-hydrogen) atoms. The number of likely N-dealkylation sites (N-methyl/N-ethyl adjacent to an activating group) is 1. The number of benzene rings is 3. The number of carbonyl (C=O) groups excluding carboxylic acids is 2. The third kappa shape index (κ3) is 7.65.